The summed E-state index contributed by atoms with van der Waals surface area (Å²) < 4.78 is 41.4. The molecular weight excluding hydrogens is 223 g/mol. The number of nitrogens with one attached hydrogen (secondary N) is 1. The third-order valence-electron chi connectivity index (χ3n) is 1.50. The van der Waals surface area contributed by atoms with Crippen molar-refractivity contribution in [2.45, 2.75) is 6.92 Å². The van der Waals surface area contributed by atoms with Gasteiger partial charge in [-0.15, -0.1) is 0 Å². The highest BCUT2D eigenvalue weighted by molar-refractivity contribution is 7.90. The van der Waals surface area contributed by atoms with Gasteiger partial charge in [0.1, 0.15) is 11.6 Å². The van der Waals surface area contributed by atoms with Gasteiger partial charge >= 0.3 is 0 Å². The van der Waals surface area contributed by atoms with E-state index in [0.29, 0.717) is 6.61 Å². The molecule has 0 atom stereocenters. The van der Waals surface area contributed by atoms with Crippen molar-refractivity contribution in [1.82, 2.24) is 0 Å². The zero-order chi connectivity index (χ0) is 11.5. The summed E-state index contributed by atoms with van der Waals surface area (Å²) in [5, 5.41) is 4.78. The van der Waals surface area contributed by atoms with Crippen LogP contribution < -0.4 is 14.6 Å². The van der Waals surface area contributed by atoms with E-state index in [1.165, 1.54) is 6.07 Å². The van der Waals surface area contributed by atoms with Crippen LogP contribution in [-0.2, 0) is 10.2 Å². The normalized spacial score (nSPS) is 11.1. The van der Waals surface area contributed by atoms with Gasteiger partial charge in [0.15, 0.2) is 0 Å². The third kappa shape index (κ3) is 3.72. The highest BCUT2D eigenvalue weighted by Gasteiger charge is 2.09. The van der Waals surface area contributed by atoms with Gasteiger partial charge in [0.25, 0.3) is 10.2 Å². The number of hydrogen-bond acceptors (Lipinski definition) is 3. The standard InChI is InChI=1S/C8H11FN2O3S/c1-2-14-8-5-6(9)3-4-7(8)11-15(10,12)13/h3-5,11H,2H2,1H3,(H2,10,12,13). The number of halogens is 1. The molecule has 0 saturated carbocycles. The highest BCUT2D eigenvalue weighted by Crippen LogP contribution is 2.25. The van der Waals surface area contributed by atoms with E-state index < -0.39 is 16.0 Å². The first kappa shape index (κ1) is 11.7. The van der Waals surface area contributed by atoms with E-state index in [0.717, 1.165) is 12.1 Å². The summed E-state index contributed by atoms with van der Waals surface area (Å²) in [5.74, 6) is -0.412. The van der Waals surface area contributed by atoms with Crippen LogP contribution in [0, 0.1) is 5.82 Å². The van der Waals surface area contributed by atoms with Gasteiger partial charge in [-0.1, -0.05) is 0 Å². The van der Waals surface area contributed by atoms with E-state index in [4.69, 9.17) is 9.88 Å². The number of hydrogen-bond donors (Lipinski definition) is 2. The van der Waals surface area contributed by atoms with E-state index >= 15 is 0 Å². The zero-order valence-corrected chi connectivity index (χ0v) is 8.84. The van der Waals surface area contributed by atoms with Crippen LogP contribution in [0.5, 0.6) is 5.75 Å². The second kappa shape index (κ2) is 4.45. The van der Waals surface area contributed by atoms with Crippen molar-refractivity contribution in [2.75, 3.05) is 11.3 Å². The Morgan fingerprint density at radius 3 is 2.73 bits per heavy atom. The van der Waals surface area contributed by atoms with Crippen molar-refractivity contribution in [3.8, 4) is 5.75 Å². The van der Waals surface area contributed by atoms with Crippen LogP contribution in [-0.4, -0.2) is 15.0 Å². The lowest BCUT2D eigenvalue weighted by Gasteiger charge is -2.10. The average molecular weight is 234 g/mol. The molecule has 1 aromatic carbocycles. The predicted molar refractivity (Wildman–Crippen MR) is 54.3 cm³/mol. The molecule has 0 fully saturated rings. The van der Waals surface area contributed by atoms with Crippen molar-refractivity contribution >= 4 is 15.9 Å². The molecule has 0 amide bonds. The maximum absolute atomic E-state index is 12.8. The van der Waals surface area contributed by atoms with Crippen LogP contribution in [0.3, 0.4) is 0 Å². The summed E-state index contributed by atoms with van der Waals surface area (Å²) in [5.41, 5.74) is 0.112. The number of rotatable bonds is 4. The lowest BCUT2D eigenvalue weighted by atomic mass is 10.3. The Bertz CT molecular complexity index is 447. The van der Waals surface area contributed by atoms with Crippen LogP contribution in [0.4, 0.5) is 10.1 Å². The van der Waals surface area contributed by atoms with Gasteiger partial charge in [0.2, 0.25) is 0 Å². The minimum Gasteiger partial charge on any atom is -0.492 e. The van der Waals surface area contributed by atoms with Crippen LogP contribution in [0.2, 0.25) is 0 Å². The molecule has 0 radical (unpaired) electrons. The fourth-order valence-electron chi connectivity index (χ4n) is 1.01. The Morgan fingerprint density at radius 1 is 1.53 bits per heavy atom. The van der Waals surface area contributed by atoms with Crippen molar-refractivity contribution in [1.29, 1.82) is 0 Å². The van der Waals surface area contributed by atoms with Crippen LogP contribution in [0.25, 0.3) is 0 Å². The van der Waals surface area contributed by atoms with Crippen molar-refractivity contribution in [2.24, 2.45) is 5.14 Å². The van der Waals surface area contributed by atoms with E-state index in [1.807, 2.05) is 4.72 Å². The summed E-state index contributed by atoms with van der Waals surface area (Å²) in [4.78, 5) is 0. The van der Waals surface area contributed by atoms with E-state index in [-0.39, 0.29) is 11.4 Å². The molecule has 0 aliphatic carbocycles. The summed E-state index contributed by atoms with van der Waals surface area (Å²) in [7, 11) is -3.88. The molecule has 0 unspecified atom stereocenters. The maximum Gasteiger partial charge on any atom is 0.296 e. The van der Waals surface area contributed by atoms with Crippen molar-refractivity contribution in [3.05, 3.63) is 24.0 Å². The first-order valence-corrected chi connectivity index (χ1v) is 5.70. The summed E-state index contributed by atoms with van der Waals surface area (Å²) >= 11 is 0. The fourth-order valence-corrected chi connectivity index (χ4v) is 1.48. The van der Waals surface area contributed by atoms with Gasteiger partial charge < -0.3 is 4.74 Å². The Hall–Kier alpha value is -1.34. The Labute approximate surface area is 87.2 Å². The van der Waals surface area contributed by atoms with Crippen molar-refractivity contribution < 1.29 is 17.5 Å². The number of ether oxygens (including phenoxy) is 1. The Balaban J connectivity index is 3.05. The van der Waals surface area contributed by atoms with Crippen LogP contribution in [0.15, 0.2) is 18.2 Å². The quantitative estimate of drug-likeness (QED) is 0.810. The molecule has 0 bridgehead atoms. The molecule has 5 nitrogen and oxygen atoms in total. The third-order valence-corrected chi connectivity index (χ3v) is 2.00. The predicted octanol–water partition coefficient (Wildman–Crippen LogP) is 0.840. The molecule has 0 aliphatic rings. The van der Waals surface area contributed by atoms with Gasteiger partial charge in [-0.05, 0) is 19.1 Å². The smallest absolute Gasteiger partial charge is 0.296 e. The molecule has 0 heterocycles. The molecule has 0 aromatic heterocycles. The molecule has 1 aromatic rings. The monoisotopic (exact) mass is 234 g/mol. The molecule has 3 N–H and O–H groups in total. The molecule has 7 heteroatoms. The first-order valence-electron chi connectivity index (χ1n) is 4.15. The molecule has 1 rings (SSSR count). The largest absolute Gasteiger partial charge is 0.492 e. The molecule has 15 heavy (non-hydrogen) atoms. The topological polar surface area (TPSA) is 81.4 Å². The second-order valence-corrected chi connectivity index (χ2v) is 4.01. The van der Waals surface area contributed by atoms with Gasteiger partial charge in [0, 0.05) is 6.07 Å². The second-order valence-electron chi connectivity index (χ2n) is 2.72. The zero-order valence-electron chi connectivity index (χ0n) is 8.03. The fraction of sp³-hybridized carbons (Fsp3) is 0.250. The molecule has 0 aliphatic heterocycles. The number of anilines is 1. The SMILES string of the molecule is CCOc1cc(F)ccc1NS(N)(=O)=O. The van der Waals surface area contributed by atoms with Gasteiger partial charge in [-0.25, -0.2) is 9.53 Å². The first-order chi connectivity index (χ1) is 6.92. The summed E-state index contributed by atoms with van der Waals surface area (Å²) in [6.07, 6.45) is 0. The number of nitrogens with two attached hydrogens (primary N) is 1. The average Bonchev–Trinajstić information content (AvgIpc) is 2.08. The van der Waals surface area contributed by atoms with Crippen LogP contribution >= 0.6 is 0 Å². The minimum absolute atomic E-state index is 0.103. The van der Waals surface area contributed by atoms with Crippen LogP contribution in [0.1, 0.15) is 6.92 Å². The minimum atomic E-state index is -3.88. The summed E-state index contributed by atoms with van der Waals surface area (Å²) in [6.45, 7) is 1.99. The van der Waals surface area contributed by atoms with E-state index in [9.17, 15) is 12.8 Å². The van der Waals surface area contributed by atoms with E-state index in [2.05, 4.69) is 0 Å². The van der Waals surface area contributed by atoms with Crippen molar-refractivity contribution in [3.63, 3.8) is 0 Å². The molecule has 0 saturated heterocycles. The van der Waals surface area contributed by atoms with Gasteiger partial charge in [-0.3, -0.25) is 4.72 Å². The summed E-state index contributed by atoms with van der Waals surface area (Å²) in [6, 6.07) is 3.43. The molecular formula is C8H11FN2O3S. The number of benzene rings is 1. The lowest BCUT2D eigenvalue weighted by Crippen LogP contribution is -2.22. The Kier molecular flexibility index (Phi) is 3.48. The van der Waals surface area contributed by atoms with E-state index in [1.54, 1.807) is 6.92 Å². The lowest BCUT2D eigenvalue weighted by molar-refractivity contribution is 0.340. The molecule has 84 valence electrons. The highest BCUT2D eigenvalue weighted by atomic mass is 32.2. The maximum atomic E-state index is 12.8. The molecule has 0 spiro atoms. The van der Waals surface area contributed by atoms with Gasteiger partial charge in [0.05, 0.1) is 12.3 Å². The van der Waals surface area contributed by atoms with Gasteiger partial charge in [-0.2, -0.15) is 8.42 Å². The Morgan fingerprint density at radius 2 is 2.20 bits per heavy atom.